The Morgan fingerprint density at radius 1 is 1.23 bits per heavy atom. The van der Waals surface area contributed by atoms with Gasteiger partial charge in [0.2, 0.25) is 5.91 Å². The molecule has 1 aromatic heterocycles. The number of carboxylic acids is 1. The molecule has 2 heterocycles. The van der Waals surface area contributed by atoms with Crippen molar-refractivity contribution in [1.29, 1.82) is 0 Å². The SMILES string of the molecule is O=C(O)CCC(=O)N1CCCC(c2nc3c(s2)CCCC3)C1. The van der Waals surface area contributed by atoms with E-state index in [-0.39, 0.29) is 18.7 Å². The third-order valence-corrected chi connectivity index (χ3v) is 5.86. The molecule has 1 aromatic rings. The van der Waals surface area contributed by atoms with Crippen LogP contribution in [-0.2, 0) is 22.4 Å². The molecular formula is C16H22N2O3S. The van der Waals surface area contributed by atoms with Crippen LogP contribution in [-0.4, -0.2) is 40.0 Å². The zero-order chi connectivity index (χ0) is 15.5. The number of carboxylic acid groups (broad SMARTS) is 1. The molecule has 1 fully saturated rings. The standard InChI is InChI=1S/C16H22N2O3S/c19-14(7-8-15(20)21)18-9-3-4-11(10-18)16-17-12-5-1-2-6-13(12)22-16/h11H,1-10H2,(H,20,21). The number of piperidine rings is 1. The minimum atomic E-state index is -0.908. The first-order valence-electron chi connectivity index (χ1n) is 8.11. The Morgan fingerprint density at radius 3 is 2.82 bits per heavy atom. The average Bonchev–Trinajstić information content (AvgIpc) is 2.96. The van der Waals surface area contributed by atoms with Crippen LogP contribution in [0.3, 0.4) is 0 Å². The molecule has 1 saturated heterocycles. The Bertz CT molecular complexity index is 546. The van der Waals surface area contributed by atoms with Crippen molar-refractivity contribution < 1.29 is 14.7 Å². The smallest absolute Gasteiger partial charge is 0.303 e. The molecule has 0 saturated carbocycles. The average molecular weight is 322 g/mol. The lowest BCUT2D eigenvalue weighted by atomic mass is 9.98. The fraction of sp³-hybridized carbons (Fsp3) is 0.688. The van der Waals surface area contributed by atoms with Crippen LogP contribution in [0.5, 0.6) is 0 Å². The molecule has 1 amide bonds. The molecule has 0 aromatic carbocycles. The van der Waals surface area contributed by atoms with Gasteiger partial charge in [-0.2, -0.15) is 0 Å². The monoisotopic (exact) mass is 322 g/mol. The van der Waals surface area contributed by atoms with E-state index in [9.17, 15) is 9.59 Å². The van der Waals surface area contributed by atoms with Crippen LogP contribution in [0.25, 0.3) is 0 Å². The molecule has 1 unspecified atom stereocenters. The van der Waals surface area contributed by atoms with E-state index in [0.717, 1.165) is 32.2 Å². The van der Waals surface area contributed by atoms with E-state index in [1.165, 1.54) is 28.4 Å². The number of nitrogens with zero attached hydrogens (tertiary/aromatic N) is 2. The minimum Gasteiger partial charge on any atom is -0.481 e. The largest absolute Gasteiger partial charge is 0.481 e. The van der Waals surface area contributed by atoms with Gasteiger partial charge in [-0.05, 0) is 38.5 Å². The van der Waals surface area contributed by atoms with E-state index in [1.807, 2.05) is 16.2 Å². The maximum atomic E-state index is 12.1. The molecule has 1 aliphatic heterocycles. The fourth-order valence-corrected chi connectivity index (χ4v) is 4.60. The maximum absolute atomic E-state index is 12.1. The summed E-state index contributed by atoms with van der Waals surface area (Å²) < 4.78 is 0. The zero-order valence-electron chi connectivity index (χ0n) is 12.7. The highest BCUT2D eigenvalue weighted by Gasteiger charge is 2.28. The van der Waals surface area contributed by atoms with Crippen molar-refractivity contribution in [3.8, 4) is 0 Å². The van der Waals surface area contributed by atoms with Crippen molar-refractivity contribution in [2.24, 2.45) is 0 Å². The van der Waals surface area contributed by atoms with Gasteiger partial charge in [0.25, 0.3) is 0 Å². The van der Waals surface area contributed by atoms with E-state index in [0.29, 0.717) is 12.5 Å². The number of carbonyl (C=O) groups is 2. The molecule has 0 bridgehead atoms. The van der Waals surface area contributed by atoms with Crippen LogP contribution in [0.4, 0.5) is 0 Å². The quantitative estimate of drug-likeness (QED) is 0.925. The highest BCUT2D eigenvalue weighted by Crippen LogP contribution is 2.34. The van der Waals surface area contributed by atoms with Crippen molar-refractivity contribution in [2.75, 3.05) is 13.1 Å². The molecule has 3 rings (SSSR count). The van der Waals surface area contributed by atoms with Gasteiger partial charge in [0, 0.05) is 30.3 Å². The molecular weight excluding hydrogens is 300 g/mol. The van der Waals surface area contributed by atoms with Crippen molar-refractivity contribution in [1.82, 2.24) is 9.88 Å². The first-order chi connectivity index (χ1) is 10.6. The van der Waals surface area contributed by atoms with Gasteiger partial charge in [0.1, 0.15) is 0 Å². The van der Waals surface area contributed by atoms with Gasteiger partial charge in [-0.1, -0.05) is 0 Å². The van der Waals surface area contributed by atoms with Gasteiger partial charge in [-0.25, -0.2) is 4.98 Å². The summed E-state index contributed by atoms with van der Waals surface area (Å²) in [6.45, 7) is 1.45. The fourth-order valence-electron chi connectivity index (χ4n) is 3.32. The summed E-state index contributed by atoms with van der Waals surface area (Å²) in [5, 5.41) is 9.89. The van der Waals surface area contributed by atoms with Crippen LogP contribution in [0, 0.1) is 0 Å². The van der Waals surface area contributed by atoms with E-state index in [2.05, 4.69) is 0 Å². The molecule has 5 nitrogen and oxygen atoms in total. The summed E-state index contributed by atoms with van der Waals surface area (Å²) in [6, 6.07) is 0. The number of rotatable bonds is 4. The predicted molar refractivity (Wildman–Crippen MR) is 84.2 cm³/mol. The number of aromatic nitrogens is 1. The molecule has 1 atom stereocenters. The van der Waals surface area contributed by atoms with Crippen molar-refractivity contribution in [2.45, 2.75) is 57.3 Å². The number of carbonyl (C=O) groups excluding carboxylic acids is 1. The first-order valence-corrected chi connectivity index (χ1v) is 8.93. The number of aliphatic carboxylic acids is 1. The minimum absolute atomic E-state index is 0.0339. The normalized spacial score (nSPS) is 21.5. The van der Waals surface area contributed by atoms with Crippen LogP contribution >= 0.6 is 11.3 Å². The van der Waals surface area contributed by atoms with Gasteiger partial charge in [0.15, 0.2) is 0 Å². The number of likely N-dealkylation sites (tertiary alicyclic amines) is 1. The summed E-state index contributed by atoms with van der Waals surface area (Å²) in [5.41, 5.74) is 1.28. The lowest BCUT2D eigenvalue weighted by Crippen LogP contribution is -2.39. The van der Waals surface area contributed by atoms with Gasteiger partial charge >= 0.3 is 5.97 Å². The number of fused-ring (bicyclic) bond motifs is 1. The van der Waals surface area contributed by atoms with E-state index < -0.39 is 5.97 Å². The lowest BCUT2D eigenvalue weighted by molar-refractivity contribution is -0.141. The number of hydrogen-bond donors (Lipinski definition) is 1. The second-order valence-electron chi connectivity index (χ2n) is 6.20. The van der Waals surface area contributed by atoms with Gasteiger partial charge in [-0.15, -0.1) is 11.3 Å². The second kappa shape index (κ2) is 6.77. The third-order valence-electron chi connectivity index (χ3n) is 4.54. The first kappa shape index (κ1) is 15.5. The number of amides is 1. The molecule has 0 radical (unpaired) electrons. The highest BCUT2D eigenvalue weighted by molar-refractivity contribution is 7.11. The highest BCUT2D eigenvalue weighted by atomic mass is 32.1. The van der Waals surface area contributed by atoms with Crippen molar-refractivity contribution >= 4 is 23.2 Å². The summed E-state index contributed by atoms with van der Waals surface area (Å²) in [6.07, 6.45) is 6.84. The Balaban J connectivity index is 1.64. The van der Waals surface area contributed by atoms with Gasteiger partial charge < -0.3 is 10.0 Å². The Kier molecular flexibility index (Phi) is 4.76. The maximum Gasteiger partial charge on any atom is 0.303 e. The van der Waals surface area contributed by atoms with Gasteiger partial charge in [-0.3, -0.25) is 9.59 Å². The van der Waals surface area contributed by atoms with E-state index in [1.54, 1.807) is 0 Å². The molecule has 2 aliphatic rings. The van der Waals surface area contributed by atoms with Crippen molar-refractivity contribution in [3.63, 3.8) is 0 Å². The van der Waals surface area contributed by atoms with Crippen LogP contribution < -0.4 is 0 Å². The number of hydrogen-bond acceptors (Lipinski definition) is 4. The molecule has 120 valence electrons. The van der Waals surface area contributed by atoms with Crippen LogP contribution in [0.1, 0.15) is 60.0 Å². The van der Waals surface area contributed by atoms with Crippen LogP contribution in [0.2, 0.25) is 0 Å². The Morgan fingerprint density at radius 2 is 2.05 bits per heavy atom. The number of thiazole rings is 1. The lowest BCUT2D eigenvalue weighted by Gasteiger charge is -2.31. The summed E-state index contributed by atoms with van der Waals surface area (Å²) in [5.74, 6) is -0.610. The zero-order valence-corrected chi connectivity index (χ0v) is 13.5. The topological polar surface area (TPSA) is 70.5 Å². The summed E-state index contributed by atoms with van der Waals surface area (Å²) in [7, 11) is 0. The van der Waals surface area contributed by atoms with E-state index >= 15 is 0 Å². The Hall–Kier alpha value is -1.43. The second-order valence-corrected chi connectivity index (χ2v) is 7.32. The van der Waals surface area contributed by atoms with Crippen LogP contribution in [0.15, 0.2) is 0 Å². The molecule has 22 heavy (non-hydrogen) atoms. The Labute approximate surface area is 134 Å². The molecule has 6 heteroatoms. The van der Waals surface area contributed by atoms with E-state index in [4.69, 9.17) is 10.1 Å². The molecule has 0 spiro atoms. The van der Waals surface area contributed by atoms with Crippen molar-refractivity contribution in [3.05, 3.63) is 15.6 Å². The summed E-state index contributed by atoms with van der Waals surface area (Å²) in [4.78, 5) is 30.8. The summed E-state index contributed by atoms with van der Waals surface area (Å²) >= 11 is 1.83. The predicted octanol–water partition coefficient (Wildman–Crippen LogP) is 2.59. The third kappa shape index (κ3) is 3.48. The number of aryl methyl sites for hydroxylation is 2. The molecule has 1 aliphatic carbocycles. The molecule has 1 N–H and O–H groups in total. The van der Waals surface area contributed by atoms with Gasteiger partial charge in [0.05, 0.1) is 17.1 Å².